The smallest absolute Gasteiger partial charge is 0.266 e. The van der Waals surface area contributed by atoms with Gasteiger partial charge in [-0.2, -0.15) is 0 Å². The van der Waals surface area contributed by atoms with Crippen molar-refractivity contribution in [2.45, 2.75) is 6.92 Å². The Kier molecular flexibility index (Phi) is 3.98. The van der Waals surface area contributed by atoms with Gasteiger partial charge in [0.05, 0.1) is 16.6 Å². The van der Waals surface area contributed by atoms with Crippen molar-refractivity contribution < 1.29 is 0 Å². The van der Waals surface area contributed by atoms with Gasteiger partial charge in [0.2, 0.25) is 0 Å². The van der Waals surface area contributed by atoms with E-state index in [-0.39, 0.29) is 5.56 Å². The van der Waals surface area contributed by atoms with Crippen molar-refractivity contribution >= 4 is 26.8 Å². The highest BCUT2D eigenvalue weighted by Crippen LogP contribution is 2.23. The lowest BCUT2D eigenvalue weighted by molar-refractivity contribution is 0.975. The Hall–Kier alpha value is -2.72. The number of nitrogens with zero attached hydrogens (tertiary/aromatic N) is 2. The van der Waals surface area contributed by atoms with Crippen molar-refractivity contribution in [2.75, 3.05) is 0 Å². The molecule has 0 N–H and O–H groups in total. The molecule has 0 aliphatic rings. The summed E-state index contributed by atoms with van der Waals surface area (Å²) in [7, 11) is 0. The average Bonchev–Trinajstić information content (AvgIpc) is 2.63. The van der Waals surface area contributed by atoms with E-state index in [0.29, 0.717) is 16.7 Å². The highest BCUT2D eigenvalue weighted by Gasteiger charge is 2.14. The van der Waals surface area contributed by atoms with E-state index in [1.807, 2.05) is 79.7 Å². The molecule has 0 spiro atoms. The lowest BCUT2D eigenvalue weighted by Crippen LogP contribution is -2.21. The first-order chi connectivity index (χ1) is 12.1. The number of aryl methyl sites for hydroxylation is 1. The van der Waals surface area contributed by atoms with E-state index in [9.17, 15) is 4.79 Å². The number of aromatic nitrogens is 2. The number of para-hydroxylation sites is 1. The van der Waals surface area contributed by atoms with Gasteiger partial charge in [0.1, 0.15) is 5.82 Å². The van der Waals surface area contributed by atoms with Crippen LogP contribution >= 0.6 is 15.9 Å². The second-order valence-corrected chi connectivity index (χ2v) is 6.85. The van der Waals surface area contributed by atoms with Crippen LogP contribution < -0.4 is 5.56 Å². The van der Waals surface area contributed by atoms with Crippen molar-refractivity contribution in [1.82, 2.24) is 9.55 Å². The number of benzene rings is 3. The van der Waals surface area contributed by atoms with Gasteiger partial charge in [-0.05, 0) is 43.3 Å². The van der Waals surface area contributed by atoms with E-state index in [4.69, 9.17) is 4.98 Å². The van der Waals surface area contributed by atoms with Crippen LogP contribution in [-0.2, 0) is 0 Å². The molecule has 0 aliphatic heterocycles. The minimum absolute atomic E-state index is 0.0662. The van der Waals surface area contributed by atoms with Gasteiger partial charge in [-0.25, -0.2) is 4.98 Å². The molecule has 0 saturated carbocycles. The first kappa shape index (κ1) is 15.8. The standard InChI is InChI=1S/C21H15BrN2O/c1-14-6-8-15(9-7-14)20-23-19-5-3-2-4-18(19)21(25)24(20)17-12-10-16(22)11-13-17/h2-13H,1H3. The number of hydrogen-bond donors (Lipinski definition) is 0. The molecular weight excluding hydrogens is 376 g/mol. The molecule has 3 nitrogen and oxygen atoms in total. The molecule has 4 rings (SSSR count). The van der Waals surface area contributed by atoms with Crippen LogP contribution in [0.2, 0.25) is 0 Å². The van der Waals surface area contributed by atoms with Crippen LogP contribution in [0.25, 0.3) is 28.0 Å². The topological polar surface area (TPSA) is 34.9 Å². The molecule has 0 saturated heterocycles. The summed E-state index contributed by atoms with van der Waals surface area (Å²) in [5, 5.41) is 0.612. The maximum atomic E-state index is 13.2. The molecule has 25 heavy (non-hydrogen) atoms. The number of halogens is 1. The Morgan fingerprint density at radius 1 is 0.880 bits per heavy atom. The van der Waals surface area contributed by atoms with Gasteiger partial charge in [0, 0.05) is 10.0 Å². The van der Waals surface area contributed by atoms with Gasteiger partial charge in [-0.3, -0.25) is 9.36 Å². The average molecular weight is 391 g/mol. The molecule has 3 aromatic carbocycles. The summed E-state index contributed by atoms with van der Waals surface area (Å²) in [6.45, 7) is 2.04. The van der Waals surface area contributed by atoms with Crippen LogP contribution in [0.4, 0.5) is 0 Å². The molecule has 122 valence electrons. The van der Waals surface area contributed by atoms with E-state index in [1.54, 1.807) is 4.57 Å². The van der Waals surface area contributed by atoms with Crippen LogP contribution in [0.3, 0.4) is 0 Å². The third-order valence-corrected chi connectivity index (χ3v) is 4.70. The van der Waals surface area contributed by atoms with Gasteiger partial charge in [-0.1, -0.05) is 57.9 Å². The van der Waals surface area contributed by atoms with E-state index in [1.165, 1.54) is 5.56 Å². The van der Waals surface area contributed by atoms with E-state index in [2.05, 4.69) is 15.9 Å². The summed E-state index contributed by atoms with van der Waals surface area (Å²) >= 11 is 3.44. The van der Waals surface area contributed by atoms with Gasteiger partial charge >= 0.3 is 0 Å². The van der Waals surface area contributed by atoms with Gasteiger partial charge in [-0.15, -0.1) is 0 Å². The fraction of sp³-hybridized carbons (Fsp3) is 0.0476. The molecule has 0 aliphatic carbocycles. The van der Waals surface area contributed by atoms with Gasteiger partial charge < -0.3 is 0 Å². The van der Waals surface area contributed by atoms with Crippen molar-refractivity contribution in [3.8, 4) is 17.1 Å². The first-order valence-electron chi connectivity index (χ1n) is 7.98. The SMILES string of the molecule is Cc1ccc(-c2nc3ccccc3c(=O)n2-c2ccc(Br)cc2)cc1. The number of fused-ring (bicyclic) bond motifs is 1. The monoisotopic (exact) mass is 390 g/mol. The molecule has 0 radical (unpaired) electrons. The molecule has 4 aromatic rings. The molecule has 1 heterocycles. The van der Waals surface area contributed by atoms with Crippen LogP contribution in [0, 0.1) is 6.92 Å². The van der Waals surface area contributed by atoms with Gasteiger partial charge in [0.15, 0.2) is 0 Å². The Balaban J connectivity index is 2.09. The van der Waals surface area contributed by atoms with Crippen LogP contribution in [0.1, 0.15) is 5.56 Å². The van der Waals surface area contributed by atoms with Gasteiger partial charge in [0.25, 0.3) is 5.56 Å². The lowest BCUT2D eigenvalue weighted by Gasteiger charge is -2.14. The highest BCUT2D eigenvalue weighted by atomic mass is 79.9. The maximum absolute atomic E-state index is 13.2. The highest BCUT2D eigenvalue weighted by molar-refractivity contribution is 9.10. The van der Waals surface area contributed by atoms with Crippen molar-refractivity contribution in [2.24, 2.45) is 0 Å². The second-order valence-electron chi connectivity index (χ2n) is 5.94. The Morgan fingerprint density at radius 3 is 2.28 bits per heavy atom. The van der Waals surface area contributed by atoms with Crippen LogP contribution in [-0.4, -0.2) is 9.55 Å². The predicted octanol–water partition coefficient (Wildman–Crippen LogP) is 5.12. The summed E-state index contributed by atoms with van der Waals surface area (Å²) in [6, 6.07) is 23.2. The molecule has 0 unspecified atom stereocenters. The fourth-order valence-corrected chi connectivity index (χ4v) is 3.12. The quantitative estimate of drug-likeness (QED) is 0.475. The normalized spacial score (nSPS) is 11.0. The van der Waals surface area contributed by atoms with E-state index < -0.39 is 0 Å². The Bertz CT molecular complexity index is 1110. The summed E-state index contributed by atoms with van der Waals surface area (Å²) in [5.74, 6) is 0.644. The molecule has 0 bridgehead atoms. The third kappa shape index (κ3) is 2.89. The van der Waals surface area contributed by atoms with Crippen LogP contribution in [0.5, 0.6) is 0 Å². The minimum Gasteiger partial charge on any atom is -0.268 e. The zero-order valence-corrected chi connectivity index (χ0v) is 15.2. The second kappa shape index (κ2) is 6.30. The van der Waals surface area contributed by atoms with Crippen LogP contribution in [0.15, 0.2) is 82.1 Å². The molecular formula is C21H15BrN2O. The van der Waals surface area contributed by atoms with Crippen molar-refractivity contribution in [3.63, 3.8) is 0 Å². The maximum Gasteiger partial charge on any atom is 0.266 e. The summed E-state index contributed by atoms with van der Waals surface area (Å²) in [6.07, 6.45) is 0. The molecule has 4 heteroatoms. The largest absolute Gasteiger partial charge is 0.268 e. The summed E-state index contributed by atoms with van der Waals surface area (Å²) in [4.78, 5) is 18.0. The number of rotatable bonds is 2. The lowest BCUT2D eigenvalue weighted by atomic mass is 10.1. The van der Waals surface area contributed by atoms with Crippen molar-refractivity contribution in [3.05, 3.63) is 93.2 Å². The van der Waals surface area contributed by atoms with Crippen molar-refractivity contribution in [1.29, 1.82) is 0 Å². The third-order valence-electron chi connectivity index (χ3n) is 4.17. The Labute approximate surface area is 153 Å². The zero-order valence-electron chi connectivity index (χ0n) is 13.6. The van der Waals surface area contributed by atoms with E-state index >= 15 is 0 Å². The van der Waals surface area contributed by atoms with E-state index in [0.717, 1.165) is 15.7 Å². The molecule has 0 amide bonds. The Morgan fingerprint density at radius 2 is 1.56 bits per heavy atom. The summed E-state index contributed by atoms with van der Waals surface area (Å²) in [5.41, 5.74) is 3.51. The molecule has 1 aromatic heterocycles. The number of hydrogen-bond acceptors (Lipinski definition) is 2. The molecule has 0 fully saturated rings. The minimum atomic E-state index is -0.0662. The zero-order chi connectivity index (χ0) is 17.4. The first-order valence-corrected chi connectivity index (χ1v) is 8.77. The summed E-state index contributed by atoms with van der Waals surface area (Å²) < 4.78 is 2.65. The predicted molar refractivity (Wildman–Crippen MR) is 105 cm³/mol. The fourth-order valence-electron chi connectivity index (χ4n) is 2.86. The molecule has 0 atom stereocenters.